The van der Waals surface area contributed by atoms with Crippen molar-refractivity contribution in [3.8, 4) is 0 Å². The van der Waals surface area contributed by atoms with Crippen LogP contribution in [-0.4, -0.2) is 22.9 Å². The smallest absolute Gasteiger partial charge is 0.223 e. The lowest BCUT2D eigenvalue weighted by molar-refractivity contribution is -0.135. The number of anilines is 1. The third-order valence-corrected chi connectivity index (χ3v) is 5.68. The predicted octanol–water partition coefficient (Wildman–Crippen LogP) is 4.16. The fourth-order valence-corrected chi connectivity index (χ4v) is 4.02. The molecule has 1 amide bonds. The first-order chi connectivity index (χ1) is 11.2. The third-order valence-electron chi connectivity index (χ3n) is 5.68. The van der Waals surface area contributed by atoms with Crippen molar-refractivity contribution in [2.75, 3.05) is 5.73 Å². The summed E-state index contributed by atoms with van der Waals surface area (Å²) in [4.78, 5) is 15.1. The van der Waals surface area contributed by atoms with Crippen molar-refractivity contribution in [1.82, 2.24) is 4.90 Å². The molecule has 0 radical (unpaired) electrons. The van der Waals surface area contributed by atoms with Gasteiger partial charge in [0, 0.05) is 24.2 Å². The average molecular weight is 314 g/mol. The van der Waals surface area contributed by atoms with E-state index in [1.54, 1.807) is 0 Å². The molecular weight excluding hydrogens is 284 g/mol. The Hall–Kier alpha value is -1.51. The summed E-state index contributed by atoms with van der Waals surface area (Å²) in [5, 5.41) is 0. The number of nitrogens with two attached hydrogens (primary N) is 1. The summed E-state index contributed by atoms with van der Waals surface area (Å²) in [5.74, 6) is 1.22. The molecule has 2 saturated carbocycles. The maximum atomic E-state index is 12.8. The van der Waals surface area contributed by atoms with Gasteiger partial charge in [0.25, 0.3) is 0 Å². The Morgan fingerprint density at radius 3 is 2.26 bits per heavy atom. The van der Waals surface area contributed by atoms with Gasteiger partial charge < -0.3 is 10.6 Å². The number of aryl methyl sites for hydroxylation is 1. The van der Waals surface area contributed by atoms with Crippen molar-refractivity contribution < 1.29 is 4.79 Å². The maximum Gasteiger partial charge on any atom is 0.223 e. The molecule has 0 heterocycles. The van der Waals surface area contributed by atoms with Crippen molar-refractivity contribution in [3.63, 3.8) is 0 Å². The fraction of sp³-hybridized carbons (Fsp3) is 0.650. The second kappa shape index (κ2) is 7.37. The zero-order chi connectivity index (χ0) is 16.2. The van der Waals surface area contributed by atoms with Crippen molar-refractivity contribution in [2.24, 2.45) is 5.92 Å². The minimum Gasteiger partial charge on any atom is -0.399 e. The number of rotatable bonds is 6. The number of hydrogen-bond donors (Lipinski definition) is 1. The van der Waals surface area contributed by atoms with E-state index in [0.717, 1.165) is 23.6 Å². The molecule has 0 spiro atoms. The SMILES string of the molecule is CCC1CCC(N(C(=O)CCc2ccccc2N)C2CC2)CC1. The third kappa shape index (κ3) is 4.07. The molecule has 0 aromatic heterocycles. The summed E-state index contributed by atoms with van der Waals surface area (Å²) >= 11 is 0. The Kier molecular flexibility index (Phi) is 5.24. The Labute approximate surface area is 140 Å². The van der Waals surface area contributed by atoms with Crippen LogP contribution in [0.3, 0.4) is 0 Å². The van der Waals surface area contributed by atoms with Crippen LogP contribution < -0.4 is 5.73 Å². The molecular formula is C20H30N2O. The van der Waals surface area contributed by atoms with Gasteiger partial charge in [0.15, 0.2) is 0 Å². The molecule has 3 heteroatoms. The minimum atomic E-state index is 0.343. The van der Waals surface area contributed by atoms with Crippen molar-refractivity contribution in [3.05, 3.63) is 29.8 Å². The van der Waals surface area contributed by atoms with Crippen molar-refractivity contribution in [1.29, 1.82) is 0 Å². The highest BCUT2D eigenvalue weighted by Gasteiger charge is 2.38. The molecule has 0 unspecified atom stereocenters. The van der Waals surface area contributed by atoms with Gasteiger partial charge in [-0.1, -0.05) is 31.5 Å². The van der Waals surface area contributed by atoms with Gasteiger partial charge in [-0.05, 0) is 62.5 Å². The van der Waals surface area contributed by atoms with Crippen LogP contribution in [0.1, 0.15) is 63.9 Å². The number of carbonyl (C=O) groups is 1. The van der Waals surface area contributed by atoms with Gasteiger partial charge >= 0.3 is 0 Å². The van der Waals surface area contributed by atoms with Gasteiger partial charge in [-0.3, -0.25) is 4.79 Å². The van der Waals surface area contributed by atoms with Crippen LogP contribution in [0.5, 0.6) is 0 Å². The highest BCUT2D eigenvalue weighted by atomic mass is 16.2. The Bertz CT molecular complexity index is 530. The lowest BCUT2D eigenvalue weighted by atomic mass is 9.83. The first-order valence-corrected chi connectivity index (χ1v) is 9.33. The number of hydrogen-bond acceptors (Lipinski definition) is 2. The van der Waals surface area contributed by atoms with Crippen LogP contribution in [0, 0.1) is 5.92 Å². The van der Waals surface area contributed by atoms with Crippen molar-refractivity contribution in [2.45, 2.75) is 76.8 Å². The summed E-state index contributed by atoms with van der Waals surface area (Å²) in [5.41, 5.74) is 7.91. The first-order valence-electron chi connectivity index (χ1n) is 9.33. The largest absolute Gasteiger partial charge is 0.399 e. The standard InChI is InChI=1S/C20H30N2O/c1-2-15-7-10-17(11-8-15)22(18-12-13-18)20(23)14-9-16-5-3-4-6-19(16)21/h3-6,15,17-18H,2,7-14,21H2,1H3. The number of nitrogen functional groups attached to an aromatic ring is 1. The highest BCUT2D eigenvalue weighted by Crippen LogP contribution is 2.36. The van der Waals surface area contributed by atoms with E-state index in [2.05, 4.69) is 11.8 Å². The molecule has 23 heavy (non-hydrogen) atoms. The van der Waals surface area contributed by atoms with E-state index in [4.69, 9.17) is 5.73 Å². The van der Waals surface area contributed by atoms with Crippen LogP contribution in [0.4, 0.5) is 5.69 Å². The minimum absolute atomic E-state index is 0.343. The molecule has 0 saturated heterocycles. The molecule has 3 rings (SSSR count). The molecule has 1 aromatic rings. The summed E-state index contributed by atoms with van der Waals surface area (Å²) in [6.07, 6.45) is 10.0. The molecule has 2 aliphatic carbocycles. The molecule has 0 bridgehead atoms. The topological polar surface area (TPSA) is 46.3 Å². The molecule has 1 aromatic carbocycles. The van der Waals surface area contributed by atoms with Crippen LogP contribution in [0.15, 0.2) is 24.3 Å². The quantitative estimate of drug-likeness (QED) is 0.801. The van der Waals surface area contributed by atoms with Gasteiger partial charge in [0.2, 0.25) is 5.91 Å². The van der Waals surface area contributed by atoms with Crippen LogP contribution in [-0.2, 0) is 11.2 Å². The van der Waals surface area contributed by atoms with Gasteiger partial charge in [0.05, 0.1) is 0 Å². The Morgan fingerprint density at radius 1 is 1.09 bits per heavy atom. The highest BCUT2D eigenvalue weighted by molar-refractivity contribution is 5.77. The Balaban J connectivity index is 1.58. The van der Waals surface area contributed by atoms with Crippen LogP contribution in [0.25, 0.3) is 0 Å². The number of amides is 1. The van der Waals surface area contributed by atoms with Crippen LogP contribution in [0.2, 0.25) is 0 Å². The normalized spacial score (nSPS) is 24.4. The summed E-state index contributed by atoms with van der Waals surface area (Å²) in [7, 11) is 0. The molecule has 2 fully saturated rings. The van der Waals surface area contributed by atoms with E-state index in [1.165, 1.54) is 44.9 Å². The van der Waals surface area contributed by atoms with E-state index in [-0.39, 0.29) is 0 Å². The summed E-state index contributed by atoms with van der Waals surface area (Å²) in [6, 6.07) is 8.93. The maximum absolute atomic E-state index is 12.8. The van der Waals surface area contributed by atoms with E-state index in [1.807, 2.05) is 24.3 Å². The monoisotopic (exact) mass is 314 g/mol. The lowest BCUT2D eigenvalue weighted by Gasteiger charge is -2.37. The molecule has 2 N–H and O–H groups in total. The molecule has 0 aliphatic heterocycles. The zero-order valence-corrected chi connectivity index (χ0v) is 14.3. The van der Waals surface area contributed by atoms with Gasteiger partial charge in [0.1, 0.15) is 0 Å². The van der Waals surface area contributed by atoms with E-state index >= 15 is 0 Å². The lowest BCUT2D eigenvalue weighted by Crippen LogP contribution is -2.44. The number of para-hydroxylation sites is 1. The summed E-state index contributed by atoms with van der Waals surface area (Å²) < 4.78 is 0. The van der Waals surface area contributed by atoms with Crippen LogP contribution >= 0.6 is 0 Å². The van der Waals surface area contributed by atoms with Gasteiger partial charge in [-0.15, -0.1) is 0 Å². The average Bonchev–Trinajstić information content (AvgIpc) is 3.40. The molecule has 126 valence electrons. The van der Waals surface area contributed by atoms with Crippen molar-refractivity contribution >= 4 is 11.6 Å². The number of nitrogens with zero attached hydrogens (tertiary/aromatic N) is 1. The number of carbonyl (C=O) groups excluding carboxylic acids is 1. The fourth-order valence-electron chi connectivity index (χ4n) is 4.02. The first kappa shape index (κ1) is 16.4. The molecule has 2 aliphatic rings. The van der Waals surface area contributed by atoms with E-state index in [0.29, 0.717) is 24.4 Å². The number of benzene rings is 1. The molecule has 0 atom stereocenters. The zero-order valence-electron chi connectivity index (χ0n) is 14.3. The van der Waals surface area contributed by atoms with E-state index in [9.17, 15) is 4.79 Å². The Morgan fingerprint density at radius 2 is 1.70 bits per heavy atom. The van der Waals surface area contributed by atoms with Gasteiger partial charge in [-0.2, -0.15) is 0 Å². The molecule has 3 nitrogen and oxygen atoms in total. The summed E-state index contributed by atoms with van der Waals surface area (Å²) in [6.45, 7) is 2.29. The van der Waals surface area contributed by atoms with Gasteiger partial charge in [-0.25, -0.2) is 0 Å². The van der Waals surface area contributed by atoms with E-state index < -0.39 is 0 Å². The second-order valence-corrected chi connectivity index (χ2v) is 7.31. The predicted molar refractivity (Wildman–Crippen MR) is 95.1 cm³/mol. The second-order valence-electron chi connectivity index (χ2n) is 7.31.